The summed E-state index contributed by atoms with van der Waals surface area (Å²) in [6.45, 7) is 2.12. The summed E-state index contributed by atoms with van der Waals surface area (Å²) in [7, 11) is 0. The van der Waals surface area contributed by atoms with Gasteiger partial charge in [-0.2, -0.15) is 5.26 Å². The Morgan fingerprint density at radius 3 is 2.94 bits per heavy atom. The van der Waals surface area contributed by atoms with Crippen molar-refractivity contribution < 1.29 is 0 Å². The maximum Gasteiger partial charge on any atom is 0.186 e. The molecule has 92 valence electrons. The standard InChI is InChI=1S/C13H13BrN4/c1-2-3-7-13-12(9-15)16-17-18(13)11-6-4-5-10(14)8-11/h4-6,8H,2-3,7H2,1H3. The van der Waals surface area contributed by atoms with Gasteiger partial charge in [0.1, 0.15) is 6.07 Å². The number of hydrogen-bond acceptors (Lipinski definition) is 3. The zero-order chi connectivity index (χ0) is 13.0. The molecule has 0 radical (unpaired) electrons. The number of rotatable bonds is 4. The number of nitrogens with zero attached hydrogens (tertiary/aromatic N) is 4. The maximum atomic E-state index is 9.06. The van der Waals surface area contributed by atoms with Crippen LogP contribution in [0.15, 0.2) is 28.7 Å². The lowest BCUT2D eigenvalue weighted by molar-refractivity contribution is 0.715. The van der Waals surface area contributed by atoms with E-state index in [0.29, 0.717) is 5.69 Å². The van der Waals surface area contributed by atoms with Gasteiger partial charge in [-0.05, 0) is 31.0 Å². The summed E-state index contributed by atoms with van der Waals surface area (Å²) in [6.07, 6.45) is 2.92. The molecule has 4 nitrogen and oxygen atoms in total. The summed E-state index contributed by atoms with van der Waals surface area (Å²) in [5.41, 5.74) is 2.23. The molecule has 0 aliphatic rings. The predicted octanol–water partition coefficient (Wildman–Crippen LogP) is 3.24. The number of unbranched alkanes of at least 4 members (excludes halogenated alkanes) is 1. The van der Waals surface area contributed by atoms with Gasteiger partial charge in [-0.15, -0.1) is 5.10 Å². The molecule has 0 spiro atoms. The van der Waals surface area contributed by atoms with Gasteiger partial charge in [0.2, 0.25) is 0 Å². The molecule has 0 N–H and O–H groups in total. The fraction of sp³-hybridized carbons (Fsp3) is 0.308. The molecule has 0 saturated carbocycles. The van der Waals surface area contributed by atoms with Crippen LogP contribution >= 0.6 is 15.9 Å². The molecule has 0 aliphatic carbocycles. The van der Waals surface area contributed by atoms with Gasteiger partial charge in [0.05, 0.1) is 11.4 Å². The van der Waals surface area contributed by atoms with E-state index in [1.54, 1.807) is 4.68 Å². The van der Waals surface area contributed by atoms with Crippen molar-refractivity contribution in [2.75, 3.05) is 0 Å². The van der Waals surface area contributed by atoms with Crippen LogP contribution in [0.3, 0.4) is 0 Å². The first-order chi connectivity index (χ1) is 8.76. The van der Waals surface area contributed by atoms with E-state index >= 15 is 0 Å². The van der Waals surface area contributed by atoms with E-state index in [2.05, 4.69) is 39.2 Å². The second-order valence-electron chi connectivity index (χ2n) is 3.99. The molecule has 0 atom stereocenters. The van der Waals surface area contributed by atoms with Gasteiger partial charge in [0, 0.05) is 4.47 Å². The van der Waals surface area contributed by atoms with E-state index in [0.717, 1.165) is 35.1 Å². The average molecular weight is 305 g/mol. The fourth-order valence-electron chi connectivity index (χ4n) is 1.77. The molecular formula is C13H13BrN4. The van der Waals surface area contributed by atoms with Crippen molar-refractivity contribution in [3.8, 4) is 11.8 Å². The molecule has 0 saturated heterocycles. The van der Waals surface area contributed by atoms with Crippen LogP contribution in [0.1, 0.15) is 31.2 Å². The molecule has 1 aromatic heterocycles. The van der Waals surface area contributed by atoms with E-state index in [-0.39, 0.29) is 0 Å². The minimum Gasteiger partial charge on any atom is -0.216 e. The Bertz CT molecular complexity index is 583. The smallest absolute Gasteiger partial charge is 0.186 e. The lowest BCUT2D eigenvalue weighted by Crippen LogP contribution is -2.03. The summed E-state index contributed by atoms with van der Waals surface area (Å²) < 4.78 is 2.73. The number of aromatic nitrogens is 3. The highest BCUT2D eigenvalue weighted by Crippen LogP contribution is 2.18. The van der Waals surface area contributed by atoms with E-state index in [1.165, 1.54) is 0 Å². The molecule has 0 amide bonds. The zero-order valence-corrected chi connectivity index (χ0v) is 11.7. The molecule has 0 aliphatic heterocycles. The highest BCUT2D eigenvalue weighted by molar-refractivity contribution is 9.10. The predicted molar refractivity (Wildman–Crippen MR) is 72.4 cm³/mol. The van der Waals surface area contributed by atoms with Crippen LogP contribution in [-0.2, 0) is 6.42 Å². The first kappa shape index (κ1) is 12.8. The summed E-state index contributed by atoms with van der Waals surface area (Å²) in [6, 6.07) is 9.92. The van der Waals surface area contributed by atoms with Crippen LogP contribution in [0.5, 0.6) is 0 Å². The third-order valence-electron chi connectivity index (χ3n) is 2.69. The van der Waals surface area contributed by atoms with Crippen LogP contribution in [-0.4, -0.2) is 15.0 Å². The first-order valence-corrected chi connectivity index (χ1v) is 6.66. The summed E-state index contributed by atoms with van der Waals surface area (Å²) in [4.78, 5) is 0. The Kier molecular flexibility index (Phi) is 4.11. The number of halogens is 1. The average Bonchev–Trinajstić information content (AvgIpc) is 2.79. The van der Waals surface area contributed by atoms with Gasteiger partial charge in [0.15, 0.2) is 5.69 Å². The molecule has 0 fully saturated rings. The first-order valence-electron chi connectivity index (χ1n) is 5.87. The molecule has 1 aromatic carbocycles. The van der Waals surface area contributed by atoms with Gasteiger partial charge in [-0.3, -0.25) is 0 Å². The number of benzene rings is 1. The molecule has 5 heteroatoms. The Morgan fingerprint density at radius 1 is 1.44 bits per heavy atom. The third kappa shape index (κ3) is 2.59. The minimum absolute atomic E-state index is 0.420. The van der Waals surface area contributed by atoms with Crippen molar-refractivity contribution in [1.82, 2.24) is 15.0 Å². The van der Waals surface area contributed by atoms with Gasteiger partial charge in [-0.1, -0.05) is 40.6 Å². The Balaban J connectivity index is 2.44. The lowest BCUT2D eigenvalue weighted by Gasteiger charge is -2.06. The summed E-state index contributed by atoms with van der Waals surface area (Å²) in [5, 5.41) is 17.1. The maximum absolute atomic E-state index is 9.06. The van der Waals surface area contributed by atoms with Crippen LogP contribution in [0.25, 0.3) is 5.69 Å². The van der Waals surface area contributed by atoms with Gasteiger partial charge >= 0.3 is 0 Å². The van der Waals surface area contributed by atoms with Crippen molar-refractivity contribution in [3.05, 3.63) is 40.1 Å². The molecule has 0 unspecified atom stereocenters. The minimum atomic E-state index is 0.420. The molecule has 18 heavy (non-hydrogen) atoms. The van der Waals surface area contributed by atoms with E-state index in [9.17, 15) is 0 Å². The lowest BCUT2D eigenvalue weighted by atomic mass is 10.1. The van der Waals surface area contributed by atoms with Crippen molar-refractivity contribution in [2.24, 2.45) is 0 Å². The third-order valence-corrected chi connectivity index (χ3v) is 3.18. The largest absolute Gasteiger partial charge is 0.216 e. The normalized spacial score (nSPS) is 10.3. The molecule has 1 heterocycles. The highest BCUT2D eigenvalue weighted by Gasteiger charge is 2.13. The quantitative estimate of drug-likeness (QED) is 0.871. The molecular weight excluding hydrogens is 292 g/mol. The van der Waals surface area contributed by atoms with Crippen molar-refractivity contribution in [3.63, 3.8) is 0 Å². The van der Waals surface area contributed by atoms with E-state index in [4.69, 9.17) is 5.26 Å². The van der Waals surface area contributed by atoms with Crippen molar-refractivity contribution in [2.45, 2.75) is 26.2 Å². The Morgan fingerprint density at radius 2 is 2.28 bits per heavy atom. The fourth-order valence-corrected chi connectivity index (χ4v) is 2.16. The topological polar surface area (TPSA) is 54.5 Å². The highest BCUT2D eigenvalue weighted by atomic mass is 79.9. The second-order valence-corrected chi connectivity index (χ2v) is 4.91. The van der Waals surface area contributed by atoms with Crippen molar-refractivity contribution in [1.29, 1.82) is 5.26 Å². The number of hydrogen-bond donors (Lipinski definition) is 0. The summed E-state index contributed by atoms with van der Waals surface area (Å²) >= 11 is 3.43. The molecule has 0 bridgehead atoms. The molecule has 2 aromatic rings. The van der Waals surface area contributed by atoms with Crippen LogP contribution in [0.4, 0.5) is 0 Å². The Hall–Kier alpha value is -1.67. The van der Waals surface area contributed by atoms with E-state index < -0.39 is 0 Å². The van der Waals surface area contributed by atoms with Gasteiger partial charge in [0.25, 0.3) is 0 Å². The Labute approximate surface area is 114 Å². The summed E-state index contributed by atoms with van der Waals surface area (Å²) in [5.74, 6) is 0. The second kappa shape index (κ2) is 5.78. The number of nitriles is 1. The van der Waals surface area contributed by atoms with Crippen LogP contribution in [0, 0.1) is 11.3 Å². The van der Waals surface area contributed by atoms with Crippen LogP contribution in [0.2, 0.25) is 0 Å². The van der Waals surface area contributed by atoms with Gasteiger partial charge in [-0.25, -0.2) is 4.68 Å². The van der Waals surface area contributed by atoms with E-state index in [1.807, 2.05) is 24.3 Å². The van der Waals surface area contributed by atoms with Crippen molar-refractivity contribution >= 4 is 15.9 Å². The zero-order valence-electron chi connectivity index (χ0n) is 10.1. The monoisotopic (exact) mass is 304 g/mol. The SMILES string of the molecule is CCCCc1c(C#N)nnn1-c1cccc(Br)c1. The molecule has 2 rings (SSSR count). The van der Waals surface area contributed by atoms with Gasteiger partial charge < -0.3 is 0 Å². The van der Waals surface area contributed by atoms with Crippen LogP contribution < -0.4 is 0 Å².